The van der Waals surface area contributed by atoms with Crippen LogP contribution in [-0.2, 0) is 19.3 Å². The number of nitrogens with zero attached hydrogens (tertiary/aromatic N) is 2. The fourth-order valence-electron chi connectivity index (χ4n) is 4.16. The molecule has 4 N–H and O–H groups in total. The fraction of sp³-hybridized carbons (Fsp3) is 0.565. The van der Waals surface area contributed by atoms with Gasteiger partial charge in [-0.3, -0.25) is 9.52 Å². The number of amidine groups is 1. The van der Waals surface area contributed by atoms with Gasteiger partial charge in [0.2, 0.25) is 15.3 Å². The summed E-state index contributed by atoms with van der Waals surface area (Å²) in [5, 5.41) is 14.7. The van der Waals surface area contributed by atoms with Gasteiger partial charge < -0.3 is 15.3 Å². The van der Waals surface area contributed by atoms with Gasteiger partial charge in [0.15, 0.2) is 5.84 Å². The van der Waals surface area contributed by atoms with Crippen LogP contribution in [0.5, 0.6) is 0 Å². The largest absolute Gasteiger partial charge is 0.509 e. The Labute approximate surface area is 208 Å². The Bertz CT molecular complexity index is 1210. The highest BCUT2D eigenvalue weighted by molar-refractivity contribution is 7.92. The molecule has 1 aromatic carbocycles. The summed E-state index contributed by atoms with van der Waals surface area (Å²) < 4.78 is 35.4. The molecule has 0 aromatic heterocycles. The lowest BCUT2D eigenvalue weighted by molar-refractivity contribution is -0.131. The van der Waals surface area contributed by atoms with Crippen molar-refractivity contribution in [3.8, 4) is 0 Å². The van der Waals surface area contributed by atoms with Crippen molar-refractivity contribution in [2.24, 2.45) is 16.1 Å². The number of carbonyl (C=O) groups excluding carboxylic acids is 1. The van der Waals surface area contributed by atoms with Gasteiger partial charge in [0.25, 0.3) is 5.91 Å². The van der Waals surface area contributed by atoms with Crippen LogP contribution in [0.3, 0.4) is 0 Å². The van der Waals surface area contributed by atoms with Crippen molar-refractivity contribution in [3.63, 3.8) is 0 Å². The summed E-state index contributed by atoms with van der Waals surface area (Å²) in [5.41, 5.74) is -0.333. The van der Waals surface area contributed by atoms with E-state index in [1.165, 1.54) is 19.2 Å². The number of nitrogens with one attached hydrogen (secondary N) is 2. The zero-order chi connectivity index (χ0) is 26.6. The van der Waals surface area contributed by atoms with E-state index in [-0.39, 0.29) is 45.4 Å². The number of hydrogen-bond donors (Lipinski definition) is 4. The average molecular weight is 528 g/mol. The molecule has 0 saturated carbocycles. The molecular weight excluding hydrogens is 491 g/mol. The first kappa shape index (κ1) is 27.4. The van der Waals surface area contributed by atoms with Crippen molar-refractivity contribution in [1.29, 1.82) is 0 Å². The van der Waals surface area contributed by atoms with E-state index >= 15 is 0 Å². The fourth-order valence-corrected chi connectivity index (χ4v) is 6.27. The van der Waals surface area contributed by atoms with Crippen LogP contribution in [0.2, 0.25) is 0 Å². The molecule has 2 heterocycles. The normalized spacial score (nSPS) is 25.0. The highest BCUT2D eigenvalue weighted by Crippen LogP contribution is 2.59. The van der Waals surface area contributed by atoms with Gasteiger partial charge in [-0.1, -0.05) is 34.6 Å². The van der Waals surface area contributed by atoms with Gasteiger partial charge in [0.05, 0.1) is 24.7 Å². The number of benzene rings is 1. The minimum atomic E-state index is -3.64. The van der Waals surface area contributed by atoms with Gasteiger partial charge in [-0.15, -0.1) is 0 Å². The van der Waals surface area contributed by atoms with Crippen molar-refractivity contribution < 1.29 is 27.7 Å². The Balaban J connectivity index is 2.09. The van der Waals surface area contributed by atoms with Crippen molar-refractivity contribution in [1.82, 2.24) is 4.90 Å². The van der Waals surface area contributed by atoms with Gasteiger partial charge in [-0.2, -0.15) is 9.42 Å². The first-order valence-electron chi connectivity index (χ1n) is 11.4. The molecule has 1 amide bonds. The summed E-state index contributed by atoms with van der Waals surface area (Å²) in [5.74, 6) is -0.567. The Morgan fingerprint density at radius 1 is 1.31 bits per heavy atom. The van der Waals surface area contributed by atoms with Crippen molar-refractivity contribution in [3.05, 3.63) is 29.5 Å². The van der Waals surface area contributed by atoms with E-state index < -0.39 is 23.4 Å². The van der Waals surface area contributed by atoms with Crippen LogP contribution in [0.15, 0.2) is 34.3 Å². The van der Waals surface area contributed by atoms with Crippen LogP contribution >= 0.6 is 7.87 Å². The second-order valence-corrected chi connectivity index (χ2v) is 14.6. The summed E-state index contributed by atoms with van der Waals surface area (Å²) in [6, 6.07) is 4.53. The number of fused-ring (bicyclic) bond motifs is 1. The van der Waals surface area contributed by atoms with Gasteiger partial charge in [0, 0.05) is 12.6 Å². The van der Waals surface area contributed by atoms with Gasteiger partial charge in [0.1, 0.15) is 16.9 Å². The third-order valence-corrected chi connectivity index (χ3v) is 9.12. The Kier molecular flexibility index (Phi) is 7.07. The molecule has 3 rings (SSSR count). The molecule has 0 spiro atoms. The second kappa shape index (κ2) is 9.03. The van der Waals surface area contributed by atoms with Crippen LogP contribution in [0.4, 0.5) is 11.4 Å². The lowest BCUT2D eigenvalue weighted by Gasteiger charge is -2.40. The van der Waals surface area contributed by atoms with Crippen LogP contribution < -0.4 is 15.3 Å². The van der Waals surface area contributed by atoms with E-state index in [4.69, 9.17) is 4.52 Å². The van der Waals surface area contributed by atoms with Gasteiger partial charge >= 0.3 is 7.87 Å². The standard InChI is InChI=1S/C23H35N4O6PS/c1-14(2)23(6)19(28)18(21(29)27(23)12-11-22(3,4)5)20-24-16-10-9-15(26-35(8,31)32)13-17(16)34(30,25-20)33-7/h9-10,13-14,26,30H,11-12H2,1-8H3,(H-,24,25,28,29)/p+1. The average Bonchev–Trinajstić information content (AvgIpc) is 2.91. The zero-order valence-corrected chi connectivity index (χ0v) is 23.2. The number of sulfonamides is 1. The minimum Gasteiger partial charge on any atom is -0.509 e. The second-order valence-electron chi connectivity index (χ2n) is 10.7. The maximum atomic E-state index is 13.7. The van der Waals surface area contributed by atoms with Crippen LogP contribution in [-0.4, -0.2) is 60.5 Å². The van der Waals surface area contributed by atoms with E-state index in [1.54, 1.807) is 11.0 Å². The smallest absolute Gasteiger partial charge is 0.432 e. The number of rotatable bonds is 7. The molecular formula is C23H36N4O6PS+. The van der Waals surface area contributed by atoms with Crippen LogP contribution in [0.1, 0.15) is 48.0 Å². The molecule has 0 aliphatic carbocycles. The lowest BCUT2D eigenvalue weighted by atomic mass is 9.84. The molecule has 0 radical (unpaired) electrons. The number of anilines is 2. The third kappa shape index (κ3) is 5.18. The third-order valence-electron chi connectivity index (χ3n) is 6.54. The molecule has 194 valence electrons. The summed E-state index contributed by atoms with van der Waals surface area (Å²) in [6.07, 6.45) is 1.76. The van der Waals surface area contributed by atoms with Crippen molar-refractivity contribution in [2.45, 2.75) is 53.5 Å². The molecule has 0 bridgehead atoms. The monoisotopic (exact) mass is 527 g/mol. The molecule has 0 saturated heterocycles. The lowest BCUT2D eigenvalue weighted by Crippen LogP contribution is -2.50. The highest BCUT2D eigenvalue weighted by Gasteiger charge is 2.55. The van der Waals surface area contributed by atoms with E-state index in [0.717, 1.165) is 12.7 Å². The molecule has 2 unspecified atom stereocenters. The SMILES string of the molecule is CO[P+]1(O)N=C(C2=C(O)C(C)(C(C)C)N(CCC(C)(C)C)C2=O)Nc2ccc(NS(C)(=O)=O)cc21. The van der Waals surface area contributed by atoms with E-state index in [9.17, 15) is 23.2 Å². The van der Waals surface area contributed by atoms with E-state index in [2.05, 4.69) is 35.6 Å². The number of hydrogen-bond acceptors (Lipinski definition) is 8. The van der Waals surface area contributed by atoms with Crippen LogP contribution in [0.25, 0.3) is 0 Å². The van der Waals surface area contributed by atoms with Gasteiger partial charge in [-0.25, -0.2) is 8.42 Å². The van der Waals surface area contributed by atoms with E-state index in [1.807, 2.05) is 20.8 Å². The Morgan fingerprint density at radius 3 is 2.46 bits per heavy atom. The first-order chi connectivity index (χ1) is 15.9. The summed E-state index contributed by atoms with van der Waals surface area (Å²) in [6.45, 7) is 12.4. The number of aliphatic hydroxyl groups excluding tert-OH is 1. The minimum absolute atomic E-state index is 0.00503. The molecule has 2 aliphatic heterocycles. The summed E-state index contributed by atoms with van der Waals surface area (Å²) >= 11 is 0. The predicted octanol–water partition coefficient (Wildman–Crippen LogP) is 3.41. The van der Waals surface area contributed by atoms with E-state index in [0.29, 0.717) is 12.2 Å². The summed E-state index contributed by atoms with van der Waals surface area (Å²) in [7, 11) is -5.89. The quantitative estimate of drug-likeness (QED) is 0.398. The predicted molar refractivity (Wildman–Crippen MR) is 140 cm³/mol. The maximum absolute atomic E-state index is 13.7. The number of amides is 1. The molecule has 2 atom stereocenters. The molecule has 1 aromatic rings. The maximum Gasteiger partial charge on any atom is 0.432 e. The Hall–Kier alpha value is -2.20. The van der Waals surface area contributed by atoms with Crippen LogP contribution in [0, 0.1) is 11.3 Å². The first-order valence-corrected chi connectivity index (χ1v) is 14.9. The Morgan fingerprint density at radius 2 is 1.94 bits per heavy atom. The number of carbonyl (C=O) groups is 1. The zero-order valence-electron chi connectivity index (χ0n) is 21.5. The summed E-state index contributed by atoms with van der Waals surface area (Å²) in [4.78, 5) is 26.7. The van der Waals surface area contributed by atoms with Crippen molar-refractivity contribution >= 4 is 46.3 Å². The topological polar surface area (TPSA) is 141 Å². The molecule has 2 aliphatic rings. The molecule has 0 fully saturated rings. The van der Waals surface area contributed by atoms with Gasteiger partial charge in [-0.05, 0) is 41.6 Å². The molecule has 10 nitrogen and oxygen atoms in total. The highest BCUT2D eigenvalue weighted by atomic mass is 32.2. The molecule has 12 heteroatoms. The molecule has 35 heavy (non-hydrogen) atoms. The van der Waals surface area contributed by atoms with Crippen molar-refractivity contribution in [2.75, 3.05) is 29.9 Å². The number of aliphatic hydroxyl groups is 1.